The third-order valence-electron chi connectivity index (χ3n) is 0.918. The van der Waals surface area contributed by atoms with Gasteiger partial charge in [0.15, 0.2) is 5.71 Å². The van der Waals surface area contributed by atoms with Gasteiger partial charge in [-0.3, -0.25) is 5.41 Å². The zero-order valence-corrected chi connectivity index (χ0v) is 5.87. The van der Waals surface area contributed by atoms with E-state index >= 15 is 0 Å². The lowest BCUT2D eigenvalue weighted by molar-refractivity contribution is -0.557. The lowest BCUT2D eigenvalue weighted by Gasteiger charge is -2.05. The van der Waals surface area contributed by atoms with E-state index in [9.17, 15) is 13.2 Å². The second kappa shape index (κ2) is 3.38. The summed E-state index contributed by atoms with van der Waals surface area (Å²) in [5.74, 6) is 0. The molecule has 0 aliphatic carbocycles. The third-order valence-corrected chi connectivity index (χ3v) is 0.918. The van der Waals surface area contributed by atoms with Gasteiger partial charge in [0.1, 0.15) is 11.9 Å². The van der Waals surface area contributed by atoms with Gasteiger partial charge in [-0.2, -0.15) is 13.2 Å². The van der Waals surface area contributed by atoms with Crippen molar-refractivity contribution >= 4 is 5.71 Å². The van der Waals surface area contributed by atoms with Crippen LogP contribution in [0.15, 0.2) is 11.9 Å². The first-order valence-electron chi connectivity index (χ1n) is 2.80. The fourth-order valence-electron chi connectivity index (χ4n) is 0.427. The number of hydrogen-bond donors (Lipinski definition) is 3. The topological polar surface area (TPSA) is 66.5 Å². The lowest BCUT2D eigenvalue weighted by atomic mass is 10.3. The molecule has 0 aromatic heterocycles. The molecule has 6 heteroatoms. The Hall–Kier alpha value is -1.04. The van der Waals surface area contributed by atoms with Crippen LogP contribution in [-0.4, -0.2) is 18.9 Å². The molecule has 64 valence electrons. The summed E-state index contributed by atoms with van der Waals surface area (Å²) in [5.41, 5.74) is 2.83. The molecular weight excluding hydrogens is 159 g/mol. The SMILES string of the molecule is C[NH2+]C=C(N)C(=N)C(F)(F)F. The Morgan fingerprint density at radius 3 is 2.27 bits per heavy atom. The first kappa shape index (κ1) is 9.96. The van der Waals surface area contributed by atoms with E-state index in [1.54, 1.807) is 0 Å². The van der Waals surface area contributed by atoms with E-state index in [1.807, 2.05) is 0 Å². The van der Waals surface area contributed by atoms with Crippen LogP contribution < -0.4 is 11.1 Å². The van der Waals surface area contributed by atoms with Crippen molar-refractivity contribution < 1.29 is 18.5 Å². The Balaban J connectivity index is 4.39. The van der Waals surface area contributed by atoms with Crippen LogP contribution in [-0.2, 0) is 0 Å². The Labute approximate surface area is 61.6 Å². The number of quaternary nitrogens is 1. The van der Waals surface area contributed by atoms with E-state index in [4.69, 9.17) is 11.1 Å². The average molecular weight is 168 g/mol. The van der Waals surface area contributed by atoms with Gasteiger partial charge in [0.25, 0.3) is 0 Å². The highest BCUT2D eigenvalue weighted by molar-refractivity contribution is 6.00. The monoisotopic (exact) mass is 168 g/mol. The normalized spacial score (nSPS) is 13.3. The smallest absolute Gasteiger partial charge is 0.393 e. The molecule has 11 heavy (non-hydrogen) atoms. The highest BCUT2D eigenvalue weighted by atomic mass is 19.4. The van der Waals surface area contributed by atoms with E-state index in [0.717, 1.165) is 6.20 Å². The minimum Gasteiger partial charge on any atom is -0.393 e. The molecule has 0 amide bonds. The molecule has 0 heterocycles. The van der Waals surface area contributed by atoms with E-state index in [0.29, 0.717) is 0 Å². The summed E-state index contributed by atoms with van der Waals surface area (Å²) in [6.07, 6.45) is -3.61. The van der Waals surface area contributed by atoms with Crippen LogP contribution in [0, 0.1) is 5.41 Å². The fourth-order valence-corrected chi connectivity index (χ4v) is 0.427. The number of rotatable bonds is 2. The predicted molar refractivity (Wildman–Crippen MR) is 33.9 cm³/mol. The summed E-state index contributed by atoms with van der Waals surface area (Å²) in [5, 5.41) is 7.85. The quantitative estimate of drug-likeness (QED) is 0.481. The minimum atomic E-state index is -4.65. The summed E-state index contributed by atoms with van der Waals surface area (Å²) >= 11 is 0. The minimum absolute atomic E-state index is 0.569. The number of hydrogen-bond acceptors (Lipinski definition) is 2. The molecule has 0 saturated carbocycles. The van der Waals surface area contributed by atoms with E-state index in [1.165, 1.54) is 12.4 Å². The number of nitrogens with two attached hydrogens (primary N) is 2. The Kier molecular flexibility index (Phi) is 3.06. The zero-order valence-electron chi connectivity index (χ0n) is 5.87. The van der Waals surface area contributed by atoms with Gasteiger partial charge in [0.2, 0.25) is 0 Å². The van der Waals surface area contributed by atoms with Crippen molar-refractivity contribution in [3.63, 3.8) is 0 Å². The molecule has 0 aromatic carbocycles. The second-order valence-electron chi connectivity index (χ2n) is 1.83. The van der Waals surface area contributed by atoms with Crippen LogP contribution in [0.3, 0.4) is 0 Å². The average Bonchev–Trinajstić information content (AvgIpc) is 1.85. The first-order chi connectivity index (χ1) is 4.89. The summed E-state index contributed by atoms with van der Waals surface area (Å²) < 4.78 is 35.0. The summed E-state index contributed by atoms with van der Waals surface area (Å²) in [7, 11) is 1.52. The van der Waals surface area contributed by atoms with Crippen molar-refractivity contribution in [1.82, 2.24) is 0 Å². The molecule has 0 saturated heterocycles. The van der Waals surface area contributed by atoms with Gasteiger partial charge in [0, 0.05) is 0 Å². The lowest BCUT2D eigenvalue weighted by Crippen LogP contribution is -2.73. The van der Waals surface area contributed by atoms with Crippen molar-refractivity contribution in [2.75, 3.05) is 7.05 Å². The molecule has 0 atom stereocenters. The van der Waals surface area contributed by atoms with Crippen LogP contribution in [0.1, 0.15) is 0 Å². The first-order valence-corrected chi connectivity index (χ1v) is 2.80. The maximum absolute atomic E-state index is 11.7. The highest BCUT2D eigenvalue weighted by Crippen LogP contribution is 2.18. The van der Waals surface area contributed by atoms with Gasteiger partial charge < -0.3 is 11.1 Å². The van der Waals surface area contributed by atoms with Gasteiger partial charge in [0.05, 0.1) is 7.05 Å². The molecule has 3 nitrogen and oxygen atoms in total. The maximum Gasteiger partial charge on any atom is 0.434 e. The van der Waals surface area contributed by atoms with Crippen LogP contribution in [0.25, 0.3) is 0 Å². The van der Waals surface area contributed by atoms with Gasteiger partial charge >= 0.3 is 6.18 Å². The predicted octanol–water partition coefficient (Wildman–Crippen LogP) is -0.438. The summed E-state index contributed by atoms with van der Waals surface area (Å²) in [6, 6.07) is 0. The van der Waals surface area contributed by atoms with Crippen molar-refractivity contribution in [3.05, 3.63) is 11.9 Å². The largest absolute Gasteiger partial charge is 0.434 e. The molecule has 5 N–H and O–H groups in total. The number of alkyl halides is 3. The van der Waals surface area contributed by atoms with Crippen molar-refractivity contribution in [2.45, 2.75) is 6.18 Å². The van der Waals surface area contributed by atoms with Crippen LogP contribution in [0.2, 0.25) is 0 Å². The molecule has 0 aromatic rings. The van der Waals surface area contributed by atoms with Gasteiger partial charge in [-0.1, -0.05) is 0 Å². The Morgan fingerprint density at radius 1 is 1.55 bits per heavy atom. The van der Waals surface area contributed by atoms with E-state index in [2.05, 4.69) is 0 Å². The van der Waals surface area contributed by atoms with Gasteiger partial charge in [-0.25, -0.2) is 0 Å². The zero-order chi connectivity index (χ0) is 9.07. The molecule has 0 fully saturated rings. The van der Waals surface area contributed by atoms with Crippen molar-refractivity contribution in [1.29, 1.82) is 5.41 Å². The highest BCUT2D eigenvalue weighted by Gasteiger charge is 2.36. The maximum atomic E-state index is 11.7. The summed E-state index contributed by atoms with van der Waals surface area (Å²) in [6.45, 7) is 0. The van der Waals surface area contributed by atoms with Crippen LogP contribution in [0.5, 0.6) is 0 Å². The Bertz CT molecular complexity index is 182. The molecule has 0 unspecified atom stereocenters. The van der Waals surface area contributed by atoms with Crippen LogP contribution >= 0.6 is 0 Å². The van der Waals surface area contributed by atoms with Crippen molar-refractivity contribution in [2.24, 2.45) is 5.73 Å². The Morgan fingerprint density at radius 2 is 2.00 bits per heavy atom. The van der Waals surface area contributed by atoms with Gasteiger partial charge in [-0.15, -0.1) is 0 Å². The number of nitrogens with one attached hydrogen (secondary N) is 1. The summed E-state index contributed by atoms with van der Waals surface area (Å²) in [4.78, 5) is 0. The van der Waals surface area contributed by atoms with E-state index < -0.39 is 17.6 Å². The molecular formula is C5H9F3N3+. The fraction of sp³-hybridized carbons (Fsp3) is 0.400. The van der Waals surface area contributed by atoms with Gasteiger partial charge in [-0.05, 0) is 0 Å². The van der Waals surface area contributed by atoms with Crippen molar-refractivity contribution in [3.8, 4) is 0 Å². The second-order valence-corrected chi connectivity index (χ2v) is 1.83. The molecule has 0 radical (unpaired) electrons. The molecule has 0 aliphatic heterocycles. The molecule has 0 spiro atoms. The number of allylic oxidation sites excluding steroid dienone is 1. The molecule has 0 bridgehead atoms. The molecule has 0 rings (SSSR count). The third kappa shape index (κ3) is 3.03. The standard InChI is InChI=1S/C5H8F3N3/c1-11-2-3(9)4(10)5(6,7)8/h2,10-11H,9H2,1H3/p+1. The van der Waals surface area contributed by atoms with E-state index in [-0.39, 0.29) is 0 Å². The van der Waals surface area contributed by atoms with Crippen LogP contribution in [0.4, 0.5) is 13.2 Å². The molecule has 0 aliphatic rings. The number of halogens is 3.